The Kier molecular flexibility index (Phi) is 5.10. The minimum Gasteiger partial charge on any atom is -0.364 e. The molecule has 148 valence electrons. The summed E-state index contributed by atoms with van der Waals surface area (Å²) >= 11 is 6.08. The number of nitrogens with zero attached hydrogens (tertiary/aromatic N) is 4. The van der Waals surface area contributed by atoms with Crippen molar-refractivity contribution < 1.29 is 13.2 Å². The van der Waals surface area contributed by atoms with Crippen molar-refractivity contribution in [2.24, 2.45) is 0 Å². The normalized spacial score (nSPS) is 11.7. The van der Waals surface area contributed by atoms with Crippen molar-refractivity contribution in [3.8, 4) is 0 Å². The van der Waals surface area contributed by atoms with Gasteiger partial charge in [0.2, 0.25) is 5.28 Å². The van der Waals surface area contributed by atoms with Crippen LogP contribution in [0.2, 0.25) is 5.28 Å². The molecule has 2 aromatic heterocycles. The number of halogens is 4. The largest absolute Gasteiger partial charge is 0.416 e. The third-order valence-corrected chi connectivity index (χ3v) is 4.54. The van der Waals surface area contributed by atoms with E-state index in [0.29, 0.717) is 35.6 Å². The molecule has 0 atom stereocenters. The fraction of sp³-hybridized carbons (Fsp3) is 0.150. The predicted octanol–water partition coefficient (Wildman–Crippen LogP) is 5.16. The number of nitrogens with one attached hydrogen (secondary N) is 1. The van der Waals surface area contributed by atoms with E-state index >= 15 is 0 Å². The van der Waals surface area contributed by atoms with E-state index < -0.39 is 11.7 Å². The molecule has 0 radical (unpaired) electrons. The van der Waals surface area contributed by atoms with Gasteiger partial charge in [0.25, 0.3) is 0 Å². The minimum atomic E-state index is -4.36. The molecular weight excluding hydrogens is 403 g/mol. The lowest BCUT2D eigenvalue weighted by Crippen LogP contribution is -2.06. The van der Waals surface area contributed by atoms with Crippen molar-refractivity contribution in [3.63, 3.8) is 0 Å². The molecule has 0 bridgehead atoms. The van der Waals surface area contributed by atoms with Crippen LogP contribution >= 0.6 is 11.6 Å². The van der Waals surface area contributed by atoms with Gasteiger partial charge in [0.1, 0.15) is 0 Å². The molecule has 0 aliphatic rings. The van der Waals surface area contributed by atoms with Gasteiger partial charge >= 0.3 is 6.18 Å². The summed E-state index contributed by atoms with van der Waals surface area (Å²) in [7, 11) is 0. The van der Waals surface area contributed by atoms with E-state index in [4.69, 9.17) is 11.6 Å². The summed E-state index contributed by atoms with van der Waals surface area (Å²) in [6.07, 6.45) is -2.79. The second-order valence-corrected chi connectivity index (χ2v) is 6.76. The molecule has 4 rings (SSSR count). The second-order valence-electron chi connectivity index (χ2n) is 6.42. The highest BCUT2D eigenvalue weighted by Crippen LogP contribution is 2.29. The van der Waals surface area contributed by atoms with Crippen LogP contribution < -0.4 is 5.32 Å². The number of aromatic nitrogens is 4. The van der Waals surface area contributed by atoms with Crippen LogP contribution in [0.5, 0.6) is 0 Å². The Morgan fingerprint density at radius 3 is 2.34 bits per heavy atom. The van der Waals surface area contributed by atoms with Crippen LogP contribution in [0.4, 0.5) is 19.0 Å². The predicted molar refractivity (Wildman–Crippen MR) is 105 cm³/mol. The summed E-state index contributed by atoms with van der Waals surface area (Å²) < 4.78 is 39.9. The Bertz CT molecular complexity index is 1120. The lowest BCUT2D eigenvalue weighted by Gasteiger charge is -2.09. The van der Waals surface area contributed by atoms with Crippen molar-refractivity contribution in [1.29, 1.82) is 0 Å². The van der Waals surface area contributed by atoms with Crippen LogP contribution in [-0.4, -0.2) is 19.5 Å². The summed E-state index contributed by atoms with van der Waals surface area (Å²) in [4.78, 5) is 12.8. The first-order valence-electron chi connectivity index (χ1n) is 8.72. The number of alkyl halides is 3. The van der Waals surface area contributed by atoms with Crippen molar-refractivity contribution in [2.45, 2.75) is 19.3 Å². The van der Waals surface area contributed by atoms with Crippen LogP contribution in [0.3, 0.4) is 0 Å². The molecule has 0 fully saturated rings. The van der Waals surface area contributed by atoms with Crippen molar-refractivity contribution in [3.05, 3.63) is 82.9 Å². The molecule has 4 aromatic rings. The van der Waals surface area contributed by atoms with E-state index in [1.807, 2.05) is 30.3 Å². The molecule has 1 N–H and O–H groups in total. The Morgan fingerprint density at radius 2 is 1.66 bits per heavy atom. The molecule has 0 aliphatic heterocycles. The van der Waals surface area contributed by atoms with Crippen LogP contribution in [0.15, 0.2) is 60.9 Å². The SMILES string of the molecule is FC(F)(F)c1ccc(Cn2cnc3c(NCc4ccccc4)nc(Cl)nc32)cc1. The second kappa shape index (κ2) is 7.71. The summed E-state index contributed by atoms with van der Waals surface area (Å²) in [6.45, 7) is 0.842. The maximum absolute atomic E-state index is 12.7. The number of fused-ring (bicyclic) bond motifs is 1. The maximum Gasteiger partial charge on any atom is 0.416 e. The maximum atomic E-state index is 12.7. The Labute approximate surface area is 169 Å². The average molecular weight is 418 g/mol. The third-order valence-electron chi connectivity index (χ3n) is 4.37. The van der Waals surface area contributed by atoms with Gasteiger partial charge in [-0.15, -0.1) is 0 Å². The first-order valence-corrected chi connectivity index (χ1v) is 9.10. The minimum absolute atomic E-state index is 0.0576. The van der Waals surface area contributed by atoms with Gasteiger partial charge in [0.15, 0.2) is 17.0 Å². The number of benzene rings is 2. The number of hydrogen-bond acceptors (Lipinski definition) is 4. The molecule has 2 heterocycles. The van der Waals surface area contributed by atoms with Crippen LogP contribution in [0.1, 0.15) is 16.7 Å². The van der Waals surface area contributed by atoms with E-state index in [1.165, 1.54) is 12.1 Å². The number of anilines is 1. The first kappa shape index (κ1) is 19.2. The molecule has 0 aliphatic carbocycles. The van der Waals surface area contributed by atoms with E-state index in [2.05, 4.69) is 20.3 Å². The molecule has 0 spiro atoms. The monoisotopic (exact) mass is 417 g/mol. The summed E-state index contributed by atoms with van der Waals surface area (Å²) in [5.74, 6) is 0.495. The molecule has 0 amide bonds. The summed E-state index contributed by atoms with van der Waals surface area (Å²) in [5, 5.41) is 3.27. The van der Waals surface area contributed by atoms with Gasteiger partial charge in [0, 0.05) is 6.54 Å². The molecule has 0 saturated carbocycles. The Hall–Kier alpha value is -3.13. The summed E-state index contributed by atoms with van der Waals surface area (Å²) in [6, 6.07) is 14.8. The van der Waals surface area contributed by atoms with Gasteiger partial charge in [-0.25, -0.2) is 4.98 Å². The quantitative estimate of drug-likeness (QED) is 0.456. The number of rotatable bonds is 5. The van der Waals surface area contributed by atoms with Gasteiger partial charge < -0.3 is 9.88 Å². The van der Waals surface area contributed by atoms with Crippen LogP contribution in [0, 0.1) is 0 Å². The van der Waals surface area contributed by atoms with E-state index in [9.17, 15) is 13.2 Å². The first-order chi connectivity index (χ1) is 13.9. The highest BCUT2D eigenvalue weighted by molar-refractivity contribution is 6.28. The van der Waals surface area contributed by atoms with Crippen LogP contribution in [-0.2, 0) is 19.3 Å². The van der Waals surface area contributed by atoms with Crippen molar-refractivity contribution in [2.75, 3.05) is 5.32 Å². The number of hydrogen-bond donors (Lipinski definition) is 1. The standard InChI is InChI=1S/C20H15ClF3N5/c21-19-27-17(25-10-13-4-2-1-3-5-13)16-18(28-19)29(12-26-16)11-14-6-8-15(9-7-14)20(22,23)24/h1-9,12H,10-11H2,(H,25,27,28). The third kappa shape index (κ3) is 4.32. The van der Waals surface area contributed by atoms with Crippen molar-refractivity contribution >= 4 is 28.6 Å². The molecule has 0 unspecified atom stereocenters. The van der Waals surface area contributed by atoms with Crippen molar-refractivity contribution in [1.82, 2.24) is 19.5 Å². The van der Waals surface area contributed by atoms with Crippen LogP contribution in [0.25, 0.3) is 11.2 Å². The van der Waals surface area contributed by atoms with Gasteiger partial charge in [-0.1, -0.05) is 42.5 Å². The molecule has 0 saturated heterocycles. The zero-order valence-electron chi connectivity index (χ0n) is 15.0. The highest BCUT2D eigenvalue weighted by atomic mass is 35.5. The Balaban J connectivity index is 1.59. The topological polar surface area (TPSA) is 55.6 Å². The number of imidazole rings is 1. The van der Waals surface area contributed by atoms with E-state index in [0.717, 1.165) is 17.7 Å². The van der Waals surface area contributed by atoms with Gasteiger partial charge in [0.05, 0.1) is 18.4 Å². The average Bonchev–Trinajstić information content (AvgIpc) is 3.09. The van der Waals surface area contributed by atoms with E-state index in [1.54, 1.807) is 10.9 Å². The lowest BCUT2D eigenvalue weighted by molar-refractivity contribution is -0.137. The lowest BCUT2D eigenvalue weighted by atomic mass is 10.1. The fourth-order valence-corrected chi connectivity index (χ4v) is 3.10. The summed E-state index contributed by atoms with van der Waals surface area (Å²) in [5.41, 5.74) is 2.11. The molecular formula is C20H15ClF3N5. The van der Waals surface area contributed by atoms with E-state index in [-0.39, 0.29) is 5.28 Å². The Morgan fingerprint density at radius 1 is 0.931 bits per heavy atom. The molecule has 5 nitrogen and oxygen atoms in total. The molecule has 9 heteroatoms. The van der Waals surface area contributed by atoms with Gasteiger partial charge in [-0.2, -0.15) is 23.1 Å². The zero-order valence-corrected chi connectivity index (χ0v) is 15.7. The fourth-order valence-electron chi connectivity index (χ4n) is 2.93. The molecule has 29 heavy (non-hydrogen) atoms. The van der Waals surface area contributed by atoms with Gasteiger partial charge in [-0.3, -0.25) is 0 Å². The molecule has 2 aromatic carbocycles. The zero-order chi connectivity index (χ0) is 20.4. The highest BCUT2D eigenvalue weighted by Gasteiger charge is 2.29. The smallest absolute Gasteiger partial charge is 0.364 e. The van der Waals surface area contributed by atoms with Gasteiger partial charge in [-0.05, 0) is 34.9 Å².